The lowest BCUT2D eigenvalue weighted by Gasteiger charge is -2.19. The van der Waals surface area contributed by atoms with Gasteiger partial charge >= 0.3 is 0 Å². The molecule has 0 aromatic rings. The highest BCUT2D eigenvalue weighted by molar-refractivity contribution is 7.99. The average molecular weight is 145 g/mol. The predicted molar refractivity (Wildman–Crippen MR) is 43.5 cm³/mol. The first-order chi connectivity index (χ1) is 4.43. The van der Waals surface area contributed by atoms with Crippen molar-refractivity contribution in [2.24, 2.45) is 5.73 Å². The Morgan fingerprint density at radius 1 is 1.22 bits per heavy atom. The molecule has 0 aromatic heterocycles. The summed E-state index contributed by atoms with van der Waals surface area (Å²) in [4.78, 5) is 0. The normalized spacial score (nSPS) is 22.3. The fourth-order valence-electron chi connectivity index (χ4n) is 1.37. The molecule has 0 heterocycles. The highest BCUT2D eigenvalue weighted by atomic mass is 32.2. The lowest BCUT2D eigenvalue weighted by Crippen LogP contribution is -2.10. The topological polar surface area (TPSA) is 26.0 Å². The van der Waals surface area contributed by atoms with Crippen molar-refractivity contribution in [3.8, 4) is 0 Å². The molecule has 9 heavy (non-hydrogen) atoms. The minimum atomic E-state index is 0.810. The Balaban J connectivity index is 2.08. The van der Waals surface area contributed by atoms with E-state index >= 15 is 0 Å². The lowest BCUT2D eigenvalue weighted by atomic mass is 10.0. The van der Waals surface area contributed by atoms with Gasteiger partial charge in [-0.25, -0.2) is 0 Å². The number of hydrogen-bond acceptors (Lipinski definition) is 2. The molecular formula is C7H15NS. The van der Waals surface area contributed by atoms with Crippen LogP contribution in [0.25, 0.3) is 0 Å². The molecular weight excluding hydrogens is 130 g/mol. The average Bonchev–Trinajstić information content (AvgIpc) is 1.91. The number of thioether (sulfide) groups is 1. The Labute approximate surface area is 61.4 Å². The highest BCUT2D eigenvalue weighted by Crippen LogP contribution is 2.26. The van der Waals surface area contributed by atoms with Crippen molar-refractivity contribution >= 4 is 11.8 Å². The number of hydrogen-bond donors (Lipinski definition) is 1. The molecule has 0 spiro atoms. The van der Waals surface area contributed by atoms with E-state index in [9.17, 15) is 0 Å². The quantitative estimate of drug-likeness (QED) is 0.601. The molecule has 0 unspecified atom stereocenters. The molecule has 0 bridgehead atoms. The molecule has 1 nitrogen and oxygen atoms in total. The van der Waals surface area contributed by atoms with Crippen molar-refractivity contribution in [1.82, 2.24) is 0 Å². The van der Waals surface area contributed by atoms with Crippen molar-refractivity contribution < 1.29 is 0 Å². The van der Waals surface area contributed by atoms with E-state index in [1.807, 2.05) is 11.8 Å². The molecule has 1 aliphatic carbocycles. The Morgan fingerprint density at radius 2 is 1.89 bits per heavy atom. The minimum absolute atomic E-state index is 0.810. The summed E-state index contributed by atoms with van der Waals surface area (Å²) in [6.07, 6.45) is 7.11. The summed E-state index contributed by atoms with van der Waals surface area (Å²) in [5.41, 5.74) is 5.42. The molecule has 2 heteroatoms. The van der Waals surface area contributed by atoms with Crippen LogP contribution in [-0.4, -0.2) is 11.1 Å². The third-order valence-electron chi connectivity index (χ3n) is 1.88. The SMILES string of the molecule is NCSC1CCCCC1. The lowest BCUT2D eigenvalue weighted by molar-refractivity contribution is 0.516. The van der Waals surface area contributed by atoms with Crippen LogP contribution in [-0.2, 0) is 0 Å². The molecule has 0 radical (unpaired) electrons. The van der Waals surface area contributed by atoms with Crippen molar-refractivity contribution in [3.63, 3.8) is 0 Å². The molecule has 1 aliphatic rings. The molecule has 0 saturated heterocycles. The summed E-state index contributed by atoms with van der Waals surface area (Å²) >= 11 is 1.93. The van der Waals surface area contributed by atoms with E-state index in [-0.39, 0.29) is 0 Å². The van der Waals surface area contributed by atoms with Crippen molar-refractivity contribution in [2.45, 2.75) is 37.4 Å². The molecule has 0 aromatic carbocycles. The van der Waals surface area contributed by atoms with Crippen LogP contribution in [0.3, 0.4) is 0 Å². The van der Waals surface area contributed by atoms with Crippen LogP contribution in [0.1, 0.15) is 32.1 Å². The maximum Gasteiger partial charge on any atom is 0.0395 e. The van der Waals surface area contributed by atoms with Gasteiger partial charge in [-0.15, -0.1) is 11.8 Å². The van der Waals surface area contributed by atoms with Crippen LogP contribution < -0.4 is 5.73 Å². The predicted octanol–water partition coefficient (Wildman–Crippen LogP) is 1.97. The van der Waals surface area contributed by atoms with Gasteiger partial charge in [-0.2, -0.15) is 0 Å². The Kier molecular flexibility index (Phi) is 3.44. The zero-order valence-corrected chi connectivity index (χ0v) is 6.62. The van der Waals surface area contributed by atoms with E-state index in [4.69, 9.17) is 5.73 Å². The second kappa shape index (κ2) is 4.18. The van der Waals surface area contributed by atoms with Crippen LogP contribution in [0.2, 0.25) is 0 Å². The maximum atomic E-state index is 5.42. The summed E-state index contributed by atoms with van der Waals surface area (Å²) in [6.45, 7) is 0. The van der Waals surface area contributed by atoms with Crippen LogP contribution in [0.4, 0.5) is 0 Å². The molecule has 0 amide bonds. The van der Waals surface area contributed by atoms with Gasteiger partial charge in [0, 0.05) is 11.1 Å². The van der Waals surface area contributed by atoms with Crippen LogP contribution in [0.5, 0.6) is 0 Å². The third kappa shape index (κ3) is 2.59. The summed E-state index contributed by atoms with van der Waals surface area (Å²) in [5, 5.41) is 0.892. The van der Waals surface area contributed by atoms with Gasteiger partial charge in [0.05, 0.1) is 0 Å². The summed E-state index contributed by atoms with van der Waals surface area (Å²) in [6, 6.07) is 0. The fraction of sp³-hybridized carbons (Fsp3) is 1.00. The molecule has 1 fully saturated rings. The third-order valence-corrected chi connectivity index (χ3v) is 3.02. The van der Waals surface area contributed by atoms with Crippen LogP contribution >= 0.6 is 11.8 Å². The van der Waals surface area contributed by atoms with E-state index in [2.05, 4.69) is 0 Å². The smallest absolute Gasteiger partial charge is 0.0395 e. The summed E-state index contributed by atoms with van der Waals surface area (Å²) in [7, 11) is 0. The van der Waals surface area contributed by atoms with Crippen molar-refractivity contribution in [2.75, 3.05) is 5.88 Å². The van der Waals surface area contributed by atoms with E-state index in [0.29, 0.717) is 0 Å². The molecule has 0 atom stereocenters. The first-order valence-corrected chi connectivity index (χ1v) is 4.80. The highest BCUT2D eigenvalue weighted by Gasteiger charge is 2.11. The molecule has 54 valence electrons. The summed E-state index contributed by atoms with van der Waals surface area (Å²) in [5.74, 6) is 0.810. The molecule has 2 N–H and O–H groups in total. The molecule has 0 aliphatic heterocycles. The number of rotatable bonds is 2. The second-order valence-corrected chi connectivity index (χ2v) is 3.93. The Morgan fingerprint density at radius 3 is 2.44 bits per heavy atom. The van der Waals surface area contributed by atoms with Crippen LogP contribution in [0, 0.1) is 0 Å². The largest absolute Gasteiger partial charge is 0.322 e. The zero-order chi connectivity index (χ0) is 6.53. The van der Waals surface area contributed by atoms with Crippen LogP contribution in [0.15, 0.2) is 0 Å². The summed E-state index contributed by atoms with van der Waals surface area (Å²) < 4.78 is 0. The van der Waals surface area contributed by atoms with Gasteiger partial charge in [-0.05, 0) is 12.8 Å². The Hall–Kier alpha value is 0.310. The Bertz CT molecular complexity index is 66.6. The molecule has 1 saturated carbocycles. The van der Waals surface area contributed by atoms with E-state index in [1.165, 1.54) is 32.1 Å². The monoisotopic (exact) mass is 145 g/mol. The van der Waals surface area contributed by atoms with Gasteiger partial charge in [0.2, 0.25) is 0 Å². The fourth-order valence-corrected chi connectivity index (χ4v) is 2.31. The number of nitrogens with two attached hydrogens (primary N) is 1. The van der Waals surface area contributed by atoms with Gasteiger partial charge in [0.25, 0.3) is 0 Å². The van der Waals surface area contributed by atoms with E-state index in [1.54, 1.807) is 0 Å². The standard InChI is InChI=1S/C7H15NS/c8-6-9-7-4-2-1-3-5-7/h7H,1-6,8H2. The van der Waals surface area contributed by atoms with Gasteiger partial charge in [0.1, 0.15) is 0 Å². The van der Waals surface area contributed by atoms with Crippen molar-refractivity contribution in [1.29, 1.82) is 0 Å². The van der Waals surface area contributed by atoms with E-state index < -0.39 is 0 Å². The van der Waals surface area contributed by atoms with E-state index in [0.717, 1.165) is 11.1 Å². The first-order valence-electron chi connectivity index (χ1n) is 3.75. The minimum Gasteiger partial charge on any atom is -0.322 e. The van der Waals surface area contributed by atoms with Gasteiger partial charge in [-0.1, -0.05) is 19.3 Å². The van der Waals surface area contributed by atoms with Gasteiger partial charge < -0.3 is 5.73 Å². The second-order valence-electron chi connectivity index (χ2n) is 2.59. The zero-order valence-electron chi connectivity index (χ0n) is 5.81. The molecule has 1 rings (SSSR count). The maximum absolute atomic E-state index is 5.42. The van der Waals surface area contributed by atoms with Gasteiger partial charge in [0.15, 0.2) is 0 Å². The first kappa shape index (κ1) is 7.42. The van der Waals surface area contributed by atoms with Crippen molar-refractivity contribution in [3.05, 3.63) is 0 Å². The van der Waals surface area contributed by atoms with Gasteiger partial charge in [-0.3, -0.25) is 0 Å².